The van der Waals surface area contributed by atoms with Crippen LogP contribution in [0.2, 0.25) is 5.02 Å². The normalized spacial score (nSPS) is 21.8. The lowest BCUT2D eigenvalue weighted by Crippen LogP contribution is -2.28. The minimum atomic E-state index is -0.331. The first-order valence-corrected chi connectivity index (χ1v) is 10.6. The van der Waals surface area contributed by atoms with E-state index < -0.39 is 0 Å². The zero-order valence-corrected chi connectivity index (χ0v) is 17.8. The summed E-state index contributed by atoms with van der Waals surface area (Å²) in [4.78, 5) is 40.2. The molecule has 4 aromatic heterocycles. The van der Waals surface area contributed by atoms with Gasteiger partial charge in [-0.25, -0.2) is 9.97 Å². The second-order valence-corrected chi connectivity index (χ2v) is 8.72. The van der Waals surface area contributed by atoms with Gasteiger partial charge in [-0.1, -0.05) is 16.8 Å². The summed E-state index contributed by atoms with van der Waals surface area (Å²) in [5, 5.41) is 4.83. The standard InChI is InChI=1S/C21H18ClN7O3/c1-27-17(30)3-2-14-19(27)21(31)29(10-24-14)9-16-25-20(26-32-16)18-12-7-28(8-13(12)18)15-6-11(22)4-5-23-15/h2-6,10,12-13,18H,7-9H2,1H3. The van der Waals surface area contributed by atoms with Crippen LogP contribution in [0, 0.1) is 11.8 Å². The first-order valence-electron chi connectivity index (χ1n) is 10.2. The zero-order chi connectivity index (χ0) is 22.0. The molecule has 0 N–H and O–H groups in total. The molecule has 5 heterocycles. The molecule has 1 saturated carbocycles. The molecule has 1 aliphatic carbocycles. The Morgan fingerprint density at radius 2 is 1.97 bits per heavy atom. The Kier molecular flexibility index (Phi) is 4.19. The van der Waals surface area contributed by atoms with Crippen LogP contribution in [-0.2, 0) is 13.6 Å². The smallest absolute Gasteiger partial charge is 0.278 e. The summed E-state index contributed by atoms with van der Waals surface area (Å²) in [6.07, 6.45) is 3.15. The van der Waals surface area contributed by atoms with Crippen LogP contribution >= 0.6 is 11.6 Å². The molecular formula is C21H18ClN7O3. The number of hydrogen-bond donors (Lipinski definition) is 0. The second-order valence-electron chi connectivity index (χ2n) is 8.28. The topological polar surface area (TPSA) is 112 Å². The van der Waals surface area contributed by atoms with Gasteiger partial charge in [0.2, 0.25) is 5.89 Å². The molecule has 2 fully saturated rings. The largest absolute Gasteiger partial charge is 0.356 e. The van der Waals surface area contributed by atoms with Crippen LogP contribution in [0.4, 0.5) is 5.82 Å². The van der Waals surface area contributed by atoms with Crippen molar-refractivity contribution in [2.75, 3.05) is 18.0 Å². The van der Waals surface area contributed by atoms with Crippen LogP contribution < -0.4 is 16.0 Å². The number of hydrogen-bond acceptors (Lipinski definition) is 8. The average Bonchev–Trinajstić information content (AvgIpc) is 3.12. The molecular weight excluding hydrogens is 434 g/mol. The maximum Gasteiger partial charge on any atom is 0.278 e. The van der Waals surface area contributed by atoms with Gasteiger partial charge in [-0.2, -0.15) is 4.98 Å². The zero-order valence-electron chi connectivity index (χ0n) is 17.1. The Morgan fingerprint density at radius 1 is 1.16 bits per heavy atom. The number of pyridine rings is 2. The molecule has 1 aliphatic heterocycles. The van der Waals surface area contributed by atoms with Crippen molar-refractivity contribution in [1.82, 2.24) is 29.2 Å². The number of aryl methyl sites for hydroxylation is 1. The lowest BCUT2D eigenvalue weighted by atomic mass is 10.2. The Labute approximate surface area is 186 Å². The molecule has 0 spiro atoms. The van der Waals surface area contributed by atoms with Gasteiger partial charge >= 0.3 is 0 Å². The Hall–Kier alpha value is -3.53. The highest BCUT2D eigenvalue weighted by atomic mass is 35.5. The van der Waals surface area contributed by atoms with Gasteiger partial charge in [0.15, 0.2) is 5.82 Å². The highest BCUT2D eigenvalue weighted by Gasteiger charge is 2.58. The molecule has 0 amide bonds. The average molecular weight is 452 g/mol. The number of nitrogens with zero attached hydrogens (tertiary/aromatic N) is 7. The number of aromatic nitrogens is 6. The van der Waals surface area contributed by atoms with Gasteiger partial charge in [0, 0.05) is 43.3 Å². The van der Waals surface area contributed by atoms with Gasteiger partial charge < -0.3 is 14.0 Å². The Balaban J connectivity index is 1.19. The van der Waals surface area contributed by atoms with E-state index in [4.69, 9.17) is 16.1 Å². The molecule has 4 aromatic rings. The molecule has 10 nitrogen and oxygen atoms in total. The van der Waals surface area contributed by atoms with Gasteiger partial charge in [-0.05, 0) is 30.0 Å². The van der Waals surface area contributed by atoms with Crippen molar-refractivity contribution in [3.8, 4) is 0 Å². The molecule has 6 rings (SSSR count). The maximum absolute atomic E-state index is 12.9. The van der Waals surface area contributed by atoms with Crippen molar-refractivity contribution >= 4 is 28.5 Å². The van der Waals surface area contributed by atoms with E-state index in [0.29, 0.717) is 34.1 Å². The predicted octanol–water partition coefficient (Wildman–Crippen LogP) is 1.42. The fraction of sp³-hybridized carbons (Fsp3) is 0.333. The lowest BCUT2D eigenvalue weighted by Gasteiger charge is -2.20. The fourth-order valence-corrected chi connectivity index (χ4v) is 4.84. The molecule has 0 bridgehead atoms. The van der Waals surface area contributed by atoms with Crippen molar-refractivity contribution in [2.45, 2.75) is 12.5 Å². The summed E-state index contributed by atoms with van der Waals surface area (Å²) in [7, 11) is 1.55. The number of rotatable bonds is 4. The van der Waals surface area contributed by atoms with Crippen LogP contribution in [0.5, 0.6) is 0 Å². The van der Waals surface area contributed by atoms with Crippen LogP contribution in [0.25, 0.3) is 11.0 Å². The van der Waals surface area contributed by atoms with Gasteiger partial charge in [0.1, 0.15) is 17.9 Å². The highest BCUT2D eigenvalue weighted by Crippen LogP contribution is 2.57. The number of halogens is 1. The SMILES string of the molecule is Cn1c(=O)ccc2ncn(Cc3nc(C4C5CN(c6cc(Cl)ccn6)CC54)no3)c(=O)c21. The van der Waals surface area contributed by atoms with Gasteiger partial charge in [-0.3, -0.25) is 14.2 Å². The van der Waals surface area contributed by atoms with E-state index in [2.05, 4.69) is 25.0 Å². The van der Waals surface area contributed by atoms with Gasteiger partial charge in [0.05, 0.1) is 11.8 Å². The van der Waals surface area contributed by atoms with Crippen molar-refractivity contribution in [3.05, 3.63) is 74.2 Å². The Bertz CT molecular complexity index is 1460. The molecule has 2 atom stereocenters. The summed E-state index contributed by atoms with van der Waals surface area (Å²) >= 11 is 6.08. The molecule has 2 aliphatic rings. The van der Waals surface area contributed by atoms with Crippen LogP contribution in [0.15, 0.2) is 50.9 Å². The number of piperidine rings is 1. The van der Waals surface area contributed by atoms with Crippen LogP contribution in [0.1, 0.15) is 17.6 Å². The van der Waals surface area contributed by atoms with Gasteiger partial charge in [-0.15, -0.1) is 0 Å². The molecule has 0 radical (unpaired) electrons. The summed E-state index contributed by atoms with van der Waals surface area (Å²) in [6, 6.07) is 6.57. The summed E-state index contributed by atoms with van der Waals surface area (Å²) in [5.41, 5.74) is 0.106. The Morgan fingerprint density at radius 3 is 2.75 bits per heavy atom. The minimum absolute atomic E-state index is 0.0957. The monoisotopic (exact) mass is 451 g/mol. The van der Waals surface area contributed by atoms with Crippen LogP contribution in [0.3, 0.4) is 0 Å². The fourth-order valence-electron chi connectivity index (χ4n) is 4.69. The molecule has 32 heavy (non-hydrogen) atoms. The van der Waals surface area contributed by atoms with Crippen LogP contribution in [-0.4, -0.2) is 42.3 Å². The first kappa shape index (κ1) is 19.2. The van der Waals surface area contributed by atoms with E-state index in [1.54, 1.807) is 25.4 Å². The third-order valence-corrected chi connectivity index (χ3v) is 6.64. The summed E-state index contributed by atoms with van der Waals surface area (Å²) in [6.45, 7) is 1.84. The third kappa shape index (κ3) is 3.01. The molecule has 11 heteroatoms. The van der Waals surface area contributed by atoms with Crippen molar-refractivity contribution in [1.29, 1.82) is 0 Å². The van der Waals surface area contributed by atoms with Crippen molar-refractivity contribution in [2.24, 2.45) is 18.9 Å². The van der Waals surface area contributed by atoms with Crippen molar-refractivity contribution < 1.29 is 4.52 Å². The molecule has 2 unspecified atom stereocenters. The number of fused-ring (bicyclic) bond motifs is 2. The first-order chi connectivity index (χ1) is 15.5. The summed E-state index contributed by atoms with van der Waals surface area (Å²) < 4.78 is 8.10. The maximum atomic E-state index is 12.9. The number of anilines is 1. The molecule has 162 valence electrons. The van der Waals surface area contributed by atoms with E-state index in [-0.39, 0.29) is 29.1 Å². The lowest BCUT2D eigenvalue weighted by molar-refractivity contribution is 0.363. The van der Waals surface area contributed by atoms with Gasteiger partial charge in [0.25, 0.3) is 11.1 Å². The predicted molar refractivity (Wildman–Crippen MR) is 116 cm³/mol. The van der Waals surface area contributed by atoms with E-state index in [9.17, 15) is 9.59 Å². The van der Waals surface area contributed by atoms with E-state index in [1.807, 2.05) is 6.07 Å². The van der Waals surface area contributed by atoms with Crippen molar-refractivity contribution in [3.63, 3.8) is 0 Å². The quantitative estimate of drug-likeness (QED) is 0.458. The third-order valence-electron chi connectivity index (χ3n) is 6.41. The minimum Gasteiger partial charge on any atom is -0.356 e. The molecule has 1 saturated heterocycles. The second kappa shape index (κ2) is 6.99. The van der Waals surface area contributed by atoms with E-state index in [0.717, 1.165) is 18.9 Å². The van der Waals surface area contributed by atoms with E-state index in [1.165, 1.54) is 21.5 Å². The molecule has 0 aromatic carbocycles. The highest BCUT2D eigenvalue weighted by molar-refractivity contribution is 6.30. The van der Waals surface area contributed by atoms with E-state index >= 15 is 0 Å². The summed E-state index contributed by atoms with van der Waals surface area (Å²) in [5.74, 6) is 3.03.